The van der Waals surface area contributed by atoms with Gasteiger partial charge in [0.2, 0.25) is 15.9 Å². The number of sulfonamides is 1. The molecule has 1 atom stereocenters. The lowest BCUT2D eigenvalue weighted by atomic mass is 10.1. The molecule has 0 saturated carbocycles. The van der Waals surface area contributed by atoms with Gasteiger partial charge in [-0.1, -0.05) is 36.4 Å². The Labute approximate surface area is 170 Å². The number of piperazine rings is 1. The topological polar surface area (TPSA) is 84.0 Å². The monoisotopic (exact) mass is 416 g/mol. The lowest BCUT2D eigenvalue weighted by molar-refractivity contribution is -0.129. The molecule has 1 fully saturated rings. The first-order valence-corrected chi connectivity index (χ1v) is 10.8. The standard InChI is InChI=1S/C21H24N2O5S/c1-16(18-7-4-3-5-8-18)28-21(25)19-9-6-10-20(15-19)29(26,27)23-13-11-22(12-14-23)17(2)24/h3-10,15-16H,11-14H2,1-2H3/t16-/m0/s1. The average Bonchev–Trinajstić information content (AvgIpc) is 2.74. The fourth-order valence-corrected chi connectivity index (χ4v) is 4.67. The van der Waals surface area contributed by atoms with Crippen LogP contribution in [0.15, 0.2) is 59.5 Å². The smallest absolute Gasteiger partial charge is 0.338 e. The Morgan fingerprint density at radius 2 is 1.62 bits per heavy atom. The van der Waals surface area contributed by atoms with E-state index in [9.17, 15) is 18.0 Å². The third-order valence-electron chi connectivity index (χ3n) is 4.94. The fraction of sp³-hybridized carbons (Fsp3) is 0.333. The Morgan fingerprint density at radius 3 is 2.24 bits per heavy atom. The van der Waals surface area contributed by atoms with E-state index in [0.717, 1.165) is 5.56 Å². The molecule has 3 rings (SSSR count). The van der Waals surface area contributed by atoms with Gasteiger partial charge >= 0.3 is 5.97 Å². The molecule has 1 aliphatic rings. The molecule has 1 aliphatic heterocycles. The highest BCUT2D eigenvalue weighted by Gasteiger charge is 2.29. The van der Waals surface area contributed by atoms with Crippen LogP contribution in [0.2, 0.25) is 0 Å². The summed E-state index contributed by atoms with van der Waals surface area (Å²) in [7, 11) is -3.76. The first-order valence-electron chi connectivity index (χ1n) is 9.40. The second-order valence-electron chi connectivity index (χ2n) is 6.90. The van der Waals surface area contributed by atoms with Crippen molar-refractivity contribution < 1.29 is 22.7 Å². The third-order valence-corrected chi connectivity index (χ3v) is 6.84. The molecule has 1 heterocycles. The molecular formula is C21H24N2O5S. The highest BCUT2D eigenvalue weighted by Crippen LogP contribution is 2.22. The predicted octanol–water partition coefficient (Wildman–Crippen LogP) is 2.46. The van der Waals surface area contributed by atoms with Crippen molar-refractivity contribution in [2.45, 2.75) is 24.8 Å². The summed E-state index contributed by atoms with van der Waals surface area (Å²) in [5.41, 5.74) is 1.03. The minimum Gasteiger partial charge on any atom is -0.454 e. The first-order chi connectivity index (χ1) is 13.8. The van der Waals surface area contributed by atoms with Crippen molar-refractivity contribution in [1.82, 2.24) is 9.21 Å². The molecule has 29 heavy (non-hydrogen) atoms. The molecule has 0 radical (unpaired) electrons. The second kappa shape index (κ2) is 8.75. The number of ether oxygens (including phenoxy) is 1. The molecule has 0 bridgehead atoms. The molecular weight excluding hydrogens is 392 g/mol. The van der Waals surface area contributed by atoms with Crippen LogP contribution in [0.25, 0.3) is 0 Å². The molecule has 0 aromatic heterocycles. The normalized spacial score (nSPS) is 16.3. The van der Waals surface area contributed by atoms with Crippen molar-refractivity contribution in [1.29, 1.82) is 0 Å². The van der Waals surface area contributed by atoms with Gasteiger partial charge in [0.1, 0.15) is 6.10 Å². The molecule has 2 aromatic rings. The van der Waals surface area contributed by atoms with Crippen LogP contribution in [0.1, 0.15) is 35.9 Å². The average molecular weight is 416 g/mol. The molecule has 0 aliphatic carbocycles. The summed E-state index contributed by atoms with van der Waals surface area (Å²) in [6.07, 6.45) is -0.455. The second-order valence-corrected chi connectivity index (χ2v) is 8.83. The van der Waals surface area contributed by atoms with Gasteiger partial charge in [-0.2, -0.15) is 4.31 Å². The quantitative estimate of drug-likeness (QED) is 0.699. The molecule has 154 valence electrons. The minimum absolute atomic E-state index is 0.0376. The van der Waals surface area contributed by atoms with Gasteiger partial charge in [-0.15, -0.1) is 0 Å². The van der Waals surface area contributed by atoms with Crippen LogP contribution in [-0.2, 0) is 19.6 Å². The summed E-state index contributed by atoms with van der Waals surface area (Å²) in [4.78, 5) is 25.6. The van der Waals surface area contributed by atoms with Crippen molar-refractivity contribution in [2.75, 3.05) is 26.2 Å². The van der Waals surface area contributed by atoms with Crippen LogP contribution in [0.3, 0.4) is 0 Å². The van der Waals surface area contributed by atoms with E-state index >= 15 is 0 Å². The van der Waals surface area contributed by atoms with E-state index in [1.165, 1.54) is 35.5 Å². The van der Waals surface area contributed by atoms with Crippen molar-refractivity contribution in [2.24, 2.45) is 0 Å². The van der Waals surface area contributed by atoms with Gasteiger partial charge < -0.3 is 9.64 Å². The number of benzene rings is 2. The van der Waals surface area contributed by atoms with Crippen LogP contribution < -0.4 is 0 Å². The zero-order chi connectivity index (χ0) is 21.0. The maximum absolute atomic E-state index is 13.0. The summed E-state index contributed by atoms with van der Waals surface area (Å²) < 4.78 is 32.7. The van der Waals surface area contributed by atoms with Gasteiger partial charge in [0.25, 0.3) is 0 Å². The Morgan fingerprint density at radius 1 is 0.966 bits per heavy atom. The minimum atomic E-state index is -3.76. The van der Waals surface area contributed by atoms with Gasteiger partial charge in [-0.3, -0.25) is 4.79 Å². The number of carbonyl (C=O) groups excluding carboxylic acids is 2. The van der Waals surface area contributed by atoms with E-state index in [0.29, 0.717) is 13.1 Å². The number of nitrogens with zero attached hydrogens (tertiary/aromatic N) is 2. The number of carbonyl (C=O) groups is 2. The summed E-state index contributed by atoms with van der Waals surface area (Å²) in [5, 5.41) is 0. The molecule has 1 saturated heterocycles. The van der Waals surface area contributed by atoms with E-state index in [2.05, 4.69) is 0 Å². The Balaban J connectivity index is 1.73. The largest absolute Gasteiger partial charge is 0.454 e. The maximum atomic E-state index is 13.0. The molecule has 8 heteroatoms. The molecule has 0 unspecified atom stereocenters. The number of rotatable bonds is 5. The number of amides is 1. The molecule has 2 aromatic carbocycles. The van der Waals surface area contributed by atoms with Gasteiger partial charge in [0, 0.05) is 33.1 Å². The van der Waals surface area contributed by atoms with Gasteiger partial charge in [0.05, 0.1) is 10.5 Å². The number of esters is 1. The first kappa shape index (κ1) is 21.0. The lowest BCUT2D eigenvalue weighted by Gasteiger charge is -2.33. The summed E-state index contributed by atoms with van der Waals surface area (Å²) in [6.45, 7) is 4.39. The zero-order valence-corrected chi connectivity index (χ0v) is 17.3. The van der Waals surface area contributed by atoms with Gasteiger partial charge in [0.15, 0.2) is 0 Å². The predicted molar refractivity (Wildman–Crippen MR) is 108 cm³/mol. The zero-order valence-electron chi connectivity index (χ0n) is 16.4. The lowest BCUT2D eigenvalue weighted by Crippen LogP contribution is -2.49. The van der Waals surface area contributed by atoms with Crippen molar-refractivity contribution >= 4 is 21.9 Å². The van der Waals surface area contributed by atoms with Crippen molar-refractivity contribution in [3.63, 3.8) is 0 Å². The van der Waals surface area contributed by atoms with Crippen LogP contribution in [0.5, 0.6) is 0 Å². The Bertz CT molecular complexity index is 983. The fourth-order valence-electron chi connectivity index (χ4n) is 3.20. The van der Waals surface area contributed by atoms with Crippen LogP contribution in [-0.4, -0.2) is 55.7 Å². The Kier molecular flexibility index (Phi) is 6.34. The third kappa shape index (κ3) is 4.83. The number of hydrogen-bond acceptors (Lipinski definition) is 5. The SMILES string of the molecule is CC(=O)N1CCN(S(=O)(=O)c2cccc(C(=O)O[C@@H](C)c3ccccc3)c2)CC1. The molecule has 0 N–H and O–H groups in total. The van der Waals surface area contributed by atoms with E-state index in [1.54, 1.807) is 11.8 Å². The summed E-state index contributed by atoms with van der Waals surface area (Å²) in [5.74, 6) is -0.654. The molecule has 7 nitrogen and oxygen atoms in total. The van der Waals surface area contributed by atoms with Crippen LogP contribution in [0, 0.1) is 0 Å². The highest BCUT2D eigenvalue weighted by molar-refractivity contribution is 7.89. The van der Waals surface area contributed by atoms with E-state index in [-0.39, 0.29) is 29.5 Å². The summed E-state index contributed by atoms with van der Waals surface area (Å²) >= 11 is 0. The van der Waals surface area contributed by atoms with E-state index in [1.807, 2.05) is 30.3 Å². The highest BCUT2D eigenvalue weighted by atomic mass is 32.2. The van der Waals surface area contributed by atoms with Crippen molar-refractivity contribution in [3.8, 4) is 0 Å². The van der Waals surface area contributed by atoms with Gasteiger partial charge in [-0.05, 0) is 30.7 Å². The maximum Gasteiger partial charge on any atom is 0.338 e. The van der Waals surface area contributed by atoms with Gasteiger partial charge in [-0.25, -0.2) is 13.2 Å². The Hall–Kier alpha value is -2.71. The van der Waals surface area contributed by atoms with E-state index < -0.39 is 22.1 Å². The van der Waals surface area contributed by atoms with E-state index in [4.69, 9.17) is 4.74 Å². The molecule has 1 amide bonds. The van der Waals surface area contributed by atoms with Crippen LogP contribution in [0.4, 0.5) is 0 Å². The van der Waals surface area contributed by atoms with Crippen LogP contribution >= 0.6 is 0 Å². The number of hydrogen-bond donors (Lipinski definition) is 0. The molecule has 0 spiro atoms. The van der Waals surface area contributed by atoms with Crippen molar-refractivity contribution in [3.05, 3.63) is 65.7 Å². The summed E-state index contributed by atoms with van der Waals surface area (Å²) in [6, 6.07) is 15.2.